The number of halogens is 3. The topological polar surface area (TPSA) is 84.7 Å². The maximum Gasteiger partial charge on any atom is 0.416 e. The summed E-state index contributed by atoms with van der Waals surface area (Å²) < 4.78 is 61.8. The van der Waals surface area contributed by atoms with Crippen LogP contribution < -0.4 is 9.47 Å². The van der Waals surface area contributed by atoms with E-state index in [1.165, 1.54) is 28.2 Å². The fourth-order valence-corrected chi connectivity index (χ4v) is 4.70. The van der Waals surface area contributed by atoms with Crippen LogP contribution in [-0.4, -0.2) is 79.2 Å². The summed E-state index contributed by atoms with van der Waals surface area (Å²) in [4.78, 5) is 32.2. The van der Waals surface area contributed by atoms with Crippen molar-refractivity contribution in [2.24, 2.45) is 0 Å². The molecular formula is C29H30F3N3O6. The Hall–Kier alpha value is -4.03. The van der Waals surface area contributed by atoms with Crippen molar-refractivity contribution >= 4 is 11.8 Å². The molecule has 2 aliphatic rings. The van der Waals surface area contributed by atoms with Crippen LogP contribution in [0.5, 0.6) is 11.5 Å². The fraction of sp³-hybridized carbons (Fsp3) is 0.379. The lowest BCUT2D eigenvalue weighted by Crippen LogP contribution is -2.47. The number of furan rings is 1. The molecule has 0 aliphatic carbocycles. The number of rotatable bonds is 10. The number of hydrogen-bond acceptors (Lipinski definition) is 7. The normalized spacial score (nSPS) is 15.1. The first-order valence-electron chi connectivity index (χ1n) is 13.2. The molecule has 9 nitrogen and oxygen atoms in total. The second-order valence-corrected chi connectivity index (χ2v) is 9.78. The molecule has 0 atom stereocenters. The molecule has 0 bridgehead atoms. The molecule has 0 saturated carbocycles. The van der Waals surface area contributed by atoms with Gasteiger partial charge in [0.2, 0.25) is 12.7 Å². The van der Waals surface area contributed by atoms with Crippen LogP contribution in [0.1, 0.15) is 27.2 Å². The van der Waals surface area contributed by atoms with Gasteiger partial charge < -0.3 is 28.4 Å². The Morgan fingerprint density at radius 3 is 2.46 bits per heavy atom. The highest BCUT2D eigenvalue weighted by molar-refractivity contribution is 5.96. The van der Waals surface area contributed by atoms with E-state index < -0.39 is 17.6 Å². The van der Waals surface area contributed by atoms with Gasteiger partial charge in [0.25, 0.3) is 5.91 Å². The largest absolute Gasteiger partial charge is 0.467 e. The number of fused-ring (bicyclic) bond motifs is 1. The minimum absolute atomic E-state index is 0.115. The van der Waals surface area contributed by atoms with E-state index in [1.54, 1.807) is 24.3 Å². The lowest BCUT2D eigenvalue weighted by Gasteiger charge is -2.31. The van der Waals surface area contributed by atoms with Crippen molar-refractivity contribution in [2.75, 3.05) is 52.7 Å². The Morgan fingerprint density at radius 2 is 1.71 bits per heavy atom. The number of nitrogens with zero attached hydrogens (tertiary/aromatic N) is 3. The van der Waals surface area contributed by atoms with Crippen LogP contribution in [0.3, 0.4) is 0 Å². The van der Waals surface area contributed by atoms with Gasteiger partial charge in [0.15, 0.2) is 11.5 Å². The van der Waals surface area contributed by atoms with E-state index in [4.69, 9.17) is 18.6 Å². The first kappa shape index (κ1) is 28.5. The van der Waals surface area contributed by atoms with E-state index in [2.05, 4.69) is 4.90 Å². The van der Waals surface area contributed by atoms with Gasteiger partial charge >= 0.3 is 6.18 Å². The number of carbonyl (C=O) groups is 2. The summed E-state index contributed by atoms with van der Waals surface area (Å²) in [7, 11) is 0. The van der Waals surface area contributed by atoms with Crippen molar-refractivity contribution in [3.63, 3.8) is 0 Å². The lowest BCUT2D eigenvalue weighted by molar-refractivity contribution is -0.137. The Morgan fingerprint density at radius 1 is 0.902 bits per heavy atom. The fourth-order valence-electron chi connectivity index (χ4n) is 4.70. The minimum atomic E-state index is -4.60. The number of morpholine rings is 1. The van der Waals surface area contributed by atoms with Crippen molar-refractivity contribution in [2.45, 2.75) is 19.3 Å². The van der Waals surface area contributed by atoms with Crippen LogP contribution in [-0.2, 0) is 28.8 Å². The van der Waals surface area contributed by atoms with Gasteiger partial charge in [-0.05, 0) is 48.0 Å². The molecule has 1 saturated heterocycles. The molecule has 2 aromatic carbocycles. The summed E-state index contributed by atoms with van der Waals surface area (Å²) in [6.45, 7) is 3.12. The maximum atomic E-state index is 13.8. The molecule has 41 heavy (non-hydrogen) atoms. The first-order valence-corrected chi connectivity index (χ1v) is 13.2. The molecule has 218 valence electrons. The SMILES string of the molecule is O=C(CN(CCN1CCOCC1)C(=O)c1cccc(C(F)(F)F)c1)N(Cc1ccc2c(c1)OCO2)Cc1ccco1. The molecule has 0 spiro atoms. The van der Waals surface area contributed by atoms with Gasteiger partial charge in [0.05, 0.1) is 31.6 Å². The van der Waals surface area contributed by atoms with Crippen molar-refractivity contribution in [3.05, 3.63) is 83.3 Å². The summed E-state index contributed by atoms with van der Waals surface area (Å²) in [5, 5.41) is 0. The van der Waals surface area contributed by atoms with E-state index in [1.807, 2.05) is 6.07 Å². The Balaban J connectivity index is 1.37. The first-order chi connectivity index (χ1) is 19.8. The summed E-state index contributed by atoms with van der Waals surface area (Å²) in [6, 6.07) is 13.1. The quantitative estimate of drug-likeness (QED) is 0.362. The summed E-state index contributed by atoms with van der Waals surface area (Å²) in [5.41, 5.74) is -0.286. The van der Waals surface area contributed by atoms with Gasteiger partial charge in [0.1, 0.15) is 12.3 Å². The van der Waals surface area contributed by atoms with E-state index in [0.29, 0.717) is 50.1 Å². The van der Waals surface area contributed by atoms with E-state index >= 15 is 0 Å². The van der Waals surface area contributed by atoms with Crippen LogP contribution in [0.25, 0.3) is 0 Å². The molecule has 3 aromatic rings. The lowest BCUT2D eigenvalue weighted by atomic mass is 10.1. The second-order valence-electron chi connectivity index (χ2n) is 9.78. The number of ether oxygens (including phenoxy) is 3. The third-order valence-corrected chi connectivity index (χ3v) is 6.93. The van der Waals surface area contributed by atoms with Crippen molar-refractivity contribution < 1.29 is 41.4 Å². The molecule has 3 heterocycles. The molecule has 12 heteroatoms. The number of hydrogen-bond donors (Lipinski definition) is 0. The van der Waals surface area contributed by atoms with Crippen LogP contribution >= 0.6 is 0 Å². The monoisotopic (exact) mass is 573 g/mol. The van der Waals surface area contributed by atoms with Crippen LogP contribution in [0.4, 0.5) is 13.2 Å². The summed E-state index contributed by atoms with van der Waals surface area (Å²) >= 11 is 0. The number of amides is 2. The van der Waals surface area contributed by atoms with Crippen LogP contribution in [0.2, 0.25) is 0 Å². The van der Waals surface area contributed by atoms with E-state index in [9.17, 15) is 22.8 Å². The van der Waals surface area contributed by atoms with Gasteiger partial charge in [-0.1, -0.05) is 12.1 Å². The molecule has 0 radical (unpaired) electrons. The van der Waals surface area contributed by atoms with E-state index in [0.717, 1.165) is 17.7 Å². The molecule has 2 amide bonds. The highest BCUT2D eigenvalue weighted by atomic mass is 19.4. The van der Waals surface area contributed by atoms with Gasteiger partial charge in [-0.2, -0.15) is 13.2 Å². The Kier molecular flexibility index (Phi) is 8.79. The Bertz CT molecular complexity index is 1340. The molecule has 5 rings (SSSR count). The number of carbonyl (C=O) groups excluding carboxylic acids is 2. The summed E-state index contributed by atoms with van der Waals surface area (Å²) in [5.74, 6) is 0.682. The van der Waals surface area contributed by atoms with E-state index in [-0.39, 0.29) is 44.4 Å². The van der Waals surface area contributed by atoms with Crippen molar-refractivity contribution in [1.29, 1.82) is 0 Å². The minimum Gasteiger partial charge on any atom is -0.467 e. The zero-order valence-corrected chi connectivity index (χ0v) is 22.3. The average Bonchev–Trinajstić information content (AvgIpc) is 3.66. The molecule has 1 fully saturated rings. The maximum absolute atomic E-state index is 13.8. The second kappa shape index (κ2) is 12.6. The highest BCUT2D eigenvalue weighted by Crippen LogP contribution is 2.33. The molecule has 0 N–H and O–H groups in total. The number of benzene rings is 2. The molecule has 2 aliphatic heterocycles. The predicted molar refractivity (Wildman–Crippen MR) is 140 cm³/mol. The third-order valence-electron chi connectivity index (χ3n) is 6.93. The predicted octanol–water partition coefficient (Wildman–Crippen LogP) is 4.03. The third kappa shape index (κ3) is 7.39. The zero-order chi connectivity index (χ0) is 28.8. The molecule has 1 aromatic heterocycles. The van der Waals surface area contributed by atoms with Crippen LogP contribution in [0.15, 0.2) is 65.3 Å². The smallest absolute Gasteiger partial charge is 0.416 e. The van der Waals surface area contributed by atoms with Crippen molar-refractivity contribution in [3.8, 4) is 11.5 Å². The summed E-state index contributed by atoms with van der Waals surface area (Å²) in [6.07, 6.45) is -3.10. The zero-order valence-electron chi connectivity index (χ0n) is 22.3. The Labute approximate surface area is 235 Å². The molecular weight excluding hydrogens is 543 g/mol. The van der Waals surface area contributed by atoms with Gasteiger partial charge in [0, 0.05) is 38.3 Å². The number of alkyl halides is 3. The van der Waals surface area contributed by atoms with Gasteiger partial charge in [-0.25, -0.2) is 0 Å². The van der Waals surface area contributed by atoms with Crippen LogP contribution in [0, 0.1) is 0 Å². The van der Waals surface area contributed by atoms with Crippen molar-refractivity contribution in [1.82, 2.24) is 14.7 Å². The molecule has 0 unspecified atom stereocenters. The highest BCUT2D eigenvalue weighted by Gasteiger charge is 2.32. The van der Waals surface area contributed by atoms with Gasteiger partial charge in [-0.3, -0.25) is 14.5 Å². The average molecular weight is 574 g/mol. The van der Waals surface area contributed by atoms with Gasteiger partial charge in [-0.15, -0.1) is 0 Å². The standard InChI is InChI=1S/C29H30F3N3O6/c30-29(31,32)23-4-1-3-22(16-23)28(37)34(9-8-33-10-13-38-14-11-33)19-27(36)35(18-24-5-2-12-39-24)17-21-6-7-25-26(15-21)41-20-40-25/h1-7,12,15-16H,8-11,13-14,17-20H2.